The van der Waals surface area contributed by atoms with Crippen molar-refractivity contribution in [2.75, 3.05) is 26.3 Å². The van der Waals surface area contributed by atoms with E-state index in [9.17, 15) is 17.6 Å². The number of carbonyl (C=O) groups excluding carboxylic acids is 1. The summed E-state index contributed by atoms with van der Waals surface area (Å²) in [5, 5.41) is 2.91. The normalized spacial score (nSPS) is 15.8. The van der Waals surface area contributed by atoms with Crippen LogP contribution in [0, 0.1) is 5.82 Å². The Labute approximate surface area is 196 Å². The maximum absolute atomic E-state index is 13.9. The summed E-state index contributed by atoms with van der Waals surface area (Å²) in [6.45, 7) is 1.07. The van der Waals surface area contributed by atoms with Gasteiger partial charge in [-0.05, 0) is 35.9 Å². The summed E-state index contributed by atoms with van der Waals surface area (Å²) in [6, 6.07) is 9.03. The average molecular weight is 493 g/mol. The van der Waals surface area contributed by atoms with Gasteiger partial charge in [0.1, 0.15) is 17.7 Å². The summed E-state index contributed by atoms with van der Waals surface area (Å²) in [7, 11) is -2.07. The number of rotatable bonds is 6. The fourth-order valence-electron chi connectivity index (χ4n) is 3.62. The number of sulfonamides is 1. The van der Waals surface area contributed by atoms with Crippen molar-refractivity contribution in [1.82, 2.24) is 19.2 Å². The van der Waals surface area contributed by atoms with Gasteiger partial charge in [0.05, 0.1) is 28.7 Å². The molecule has 0 bridgehead atoms. The number of benzene rings is 2. The van der Waals surface area contributed by atoms with Crippen LogP contribution in [0.25, 0.3) is 0 Å². The summed E-state index contributed by atoms with van der Waals surface area (Å²) < 4.78 is 48.2. The van der Waals surface area contributed by atoms with E-state index >= 15 is 0 Å². The van der Waals surface area contributed by atoms with Crippen molar-refractivity contribution in [2.24, 2.45) is 7.05 Å². The third-order valence-electron chi connectivity index (χ3n) is 5.36. The van der Waals surface area contributed by atoms with Crippen molar-refractivity contribution >= 4 is 27.5 Å². The highest BCUT2D eigenvalue weighted by atomic mass is 35.5. The smallest absolute Gasteiger partial charge is 0.253 e. The van der Waals surface area contributed by atoms with Crippen LogP contribution in [0.15, 0.2) is 59.8 Å². The molecule has 3 aromatic rings. The number of hydrogen-bond donors (Lipinski definition) is 1. The van der Waals surface area contributed by atoms with E-state index in [2.05, 4.69) is 10.3 Å². The average Bonchev–Trinajstić information content (AvgIpc) is 3.23. The SMILES string of the molecule is Cn1ccnc1C(NC(=O)c1cc(S(=O)(=O)N2CCOCC2)ccc1Cl)c1cccc(F)c1. The maximum Gasteiger partial charge on any atom is 0.253 e. The number of aryl methyl sites for hydroxylation is 1. The topological polar surface area (TPSA) is 93.5 Å². The lowest BCUT2D eigenvalue weighted by molar-refractivity contribution is 0.0730. The first-order chi connectivity index (χ1) is 15.8. The molecule has 1 unspecified atom stereocenters. The lowest BCUT2D eigenvalue weighted by Gasteiger charge is -2.26. The Morgan fingerprint density at radius 2 is 1.97 bits per heavy atom. The number of halogens is 2. The molecule has 0 spiro atoms. The van der Waals surface area contributed by atoms with Gasteiger partial charge in [0.25, 0.3) is 5.91 Å². The van der Waals surface area contributed by atoms with Crippen LogP contribution in [0.2, 0.25) is 5.02 Å². The summed E-state index contributed by atoms with van der Waals surface area (Å²) >= 11 is 6.27. The standard InChI is InChI=1S/C22H22ClFN4O4S/c1-27-8-7-25-21(27)20(15-3-2-4-16(24)13-15)26-22(29)18-14-17(5-6-19(18)23)33(30,31)28-9-11-32-12-10-28/h2-8,13-14,20H,9-12H2,1H3,(H,26,29). The second-order valence-corrected chi connectivity index (χ2v) is 9.86. The zero-order chi connectivity index (χ0) is 23.6. The minimum absolute atomic E-state index is 0.0124. The molecule has 174 valence electrons. The van der Waals surface area contributed by atoms with Gasteiger partial charge in [0.2, 0.25) is 10.0 Å². The summed E-state index contributed by atoms with van der Waals surface area (Å²) in [5.74, 6) is -0.601. The molecule has 1 aliphatic rings. The number of imidazole rings is 1. The fraction of sp³-hybridized carbons (Fsp3) is 0.273. The largest absolute Gasteiger partial charge is 0.379 e. The van der Waals surface area contributed by atoms with Gasteiger partial charge >= 0.3 is 0 Å². The Morgan fingerprint density at radius 3 is 2.64 bits per heavy atom. The molecule has 11 heteroatoms. The highest BCUT2D eigenvalue weighted by Gasteiger charge is 2.29. The number of aromatic nitrogens is 2. The van der Waals surface area contributed by atoms with Gasteiger partial charge in [-0.3, -0.25) is 4.79 Å². The number of morpholine rings is 1. The van der Waals surface area contributed by atoms with Gasteiger partial charge < -0.3 is 14.6 Å². The number of ether oxygens (including phenoxy) is 1. The van der Waals surface area contributed by atoms with Crippen LogP contribution >= 0.6 is 11.6 Å². The lowest BCUT2D eigenvalue weighted by Crippen LogP contribution is -2.40. The van der Waals surface area contributed by atoms with E-state index in [4.69, 9.17) is 16.3 Å². The van der Waals surface area contributed by atoms with Crippen molar-refractivity contribution in [3.05, 3.63) is 82.6 Å². The first-order valence-electron chi connectivity index (χ1n) is 10.2. The molecule has 1 fully saturated rings. The molecule has 2 aromatic carbocycles. The molecule has 8 nitrogen and oxygen atoms in total. The predicted molar refractivity (Wildman–Crippen MR) is 120 cm³/mol. The Morgan fingerprint density at radius 1 is 1.21 bits per heavy atom. The first kappa shape index (κ1) is 23.4. The molecule has 1 N–H and O–H groups in total. The Hall–Kier alpha value is -2.79. The molecule has 33 heavy (non-hydrogen) atoms. The maximum atomic E-state index is 13.9. The molecule has 0 radical (unpaired) electrons. The van der Waals surface area contributed by atoms with Crippen LogP contribution < -0.4 is 5.32 Å². The quantitative estimate of drug-likeness (QED) is 0.571. The minimum atomic E-state index is -3.82. The number of nitrogens with zero attached hydrogens (tertiary/aromatic N) is 3. The van der Waals surface area contributed by atoms with Crippen molar-refractivity contribution in [3.8, 4) is 0 Å². The first-order valence-corrected chi connectivity index (χ1v) is 12.0. The monoisotopic (exact) mass is 492 g/mol. The van der Waals surface area contributed by atoms with Gasteiger partial charge in [0.15, 0.2) is 0 Å². The number of amides is 1. The molecule has 0 saturated carbocycles. The molecule has 1 atom stereocenters. The predicted octanol–water partition coefficient (Wildman–Crippen LogP) is 2.75. The molecular formula is C22H22ClFN4O4S. The van der Waals surface area contributed by atoms with Gasteiger partial charge in [-0.1, -0.05) is 23.7 Å². The number of carbonyl (C=O) groups is 1. The highest BCUT2D eigenvalue weighted by Crippen LogP contribution is 2.26. The van der Waals surface area contributed by atoms with Crippen molar-refractivity contribution in [2.45, 2.75) is 10.9 Å². The van der Waals surface area contributed by atoms with E-state index in [1.807, 2.05) is 0 Å². The second-order valence-electron chi connectivity index (χ2n) is 7.52. The fourth-order valence-corrected chi connectivity index (χ4v) is 5.26. The van der Waals surface area contributed by atoms with Crippen LogP contribution in [0.1, 0.15) is 27.8 Å². The summed E-state index contributed by atoms with van der Waals surface area (Å²) in [4.78, 5) is 17.5. The van der Waals surface area contributed by atoms with E-state index < -0.39 is 27.8 Å². The minimum Gasteiger partial charge on any atom is -0.379 e. The third-order valence-corrected chi connectivity index (χ3v) is 7.59. The lowest BCUT2D eigenvalue weighted by atomic mass is 10.0. The summed E-state index contributed by atoms with van der Waals surface area (Å²) in [5.41, 5.74) is 0.465. The number of nitrogens with one attached hydrogen (secondary N) is 1. The van der Waals surface area contributed by atoms with E-state index in [1.54, 1.807) is 30.1 Å². The molecule has 4 rings (SSSR count). The van der Waals surface area contributed by atoms with Crippen LogP contribution in [0.3, 0.4) is 0 Å². The zero-order valence-electron chi connectivity index (χ0n) is 17.7. The van der Waals surface area contributed by atoms with Crippen LogP contribution in [0.5, 0.6) is 0 Å². The number of hydrogen-bond acceptors (Lipinski definition) is 5. The van der Waals surface area contributed by atoms with E-state index in [1.165, 1.54) is 40.7 Å². The van der Waals surface area contributed by atoms with Crippen molar-refractivity contribution < 1.29 is 22.3 Å². The van der Waals surface area contributed by atoms with Gasteiger partial charge in [-0.25, -0.2) is 17.8 Å². The van der Waals surface area contributed by atoms with Crippen LogP contribution in [-0.2, 0) is 21.8 Å². The molecule has 1 saturated heterocycles. The zero-order valence-corrected chi connectivity index (χ0v) is 19.3. The molecule has 1 aliphatic heterocycles. The summed E-state index contributed by atoms with van der Waals surface area (Å²) in [6.07, 6.45) is 3.27. The molecular weight excluding hydrogens is 471 g/mol. The van der Waals surface area contributed by atoms with E-state index in [0.717, 1.165) is 0 Å². The third kappa shape index (κ3) is 4.93. The Kier molecular flexibility index (Phi) is 6.80. The van der Waals surface area contributed by atoms with E-state index in [-0.39, 0.29) is 28.6 Å². The Balaban J connectivity index is 1.68. The Bertz CT molecular complexity index is 1270. The van der Waals surface area contributed by atoms with Crippen LogP contribution in [0.4, 0.5) is 4.39 Å². The van der Waals surface area contributed by atoms with Gasteiger partial charge in [0, 0.05) is 32.5 Å². The van der Waals surface area contributed by atoms with Gasteiger partial charge in [-0.2, -0.15) is 4.31 Å². The highest BCUT2D eigenvalue weighted by molar-refractivity contribution is 7.89. The molecule has 2 heterocycles. The van der Waals surface area contributed by atoms with Crippen LogP contribution in [-0.4, -0.2) is 54.5 Å². The van der Waals surface area contributed by atoms with E-state index in [0.29, 0.717) is 24.6 Å². The van der Waals surface area contributed by atoms with Gasteiger partial charge in [-0.15, -0.1) is 0 Å². The molecule has 0 aliphatic carbocycles. The van der Waals surface area contributed by atoms with Crippen molar-refractivity contribution in [3.63, 3.8) is 0 Å². The van der Waals surface area contributed by atoms with Crippen molar-refractivity contribution in [1.29, 1.82) is 0 Å². The molecule has 1 aromatic heterocycles. The second kappa shape index (κ2) is 9.60. The molecule has 1 amide bonds.